The van der Waals surface area contributed by atoms with Gasteiger partial charge in [-0.1, -0.05) is 0 Å². The number of carbonyl (C=O) groups is 2. The van der Waals surface area contributed by atoms with Gasteiger partial charge in [0.25, 0.3) is 0 Å². The normalized spacial score (nSPS) is 17.6. The molecule has 0 radical (unpaired) electrons. The highest BCUT2D eigenvalue weighted by Crippen LogP contribution is 2.33. The average Bonchev–Trinajstić information content (AvgIpc) is 2.45. The van der Waals surface area contributed by atoms with E-state index in [1.807, 2.05) is 6.07 Å². The Hall–Kier alpha value is -2.04. The topological polar surface area (TPSA) is 55.8 Å². The standard InChI is InChI=1S/C14H17NO4/c1-3-19-14(17)15-11(9-16)5-4-10-8-12(18-2)6-7-13(10)15/h6-9,11H,3-5H2,1-2H3. The van der Waals surface area contributed by atoms with Gasteiger partial charge in [0, 0.05) is 0 Å². The van der Waals surface area contributed by atoms with Crippen LogP contribution >= 0.6 is 0 Å². The fourth-order valence-corrected chi connectivity index (χ4v) is 2.29. The van der Waals surface area contributed by atoms with Gasteiger partial charge in [0.05, 0.1) is 25.4 Å². The van der Waals surface area contributed by atoms with Crippen molar-refractivity contribution in [3.05, 3.63) is 23.8 Å². The van der Waals surface area contributed by atoms with E-state index in [4.69, 9.17) is 9.47 Å². The first-order chi connectivity index (χ1) is 9.21. The lowest BCUT2D eigenvalue weighted by Gasteiger charge is -2.33. The number of carbonyl (C=O) groups excluding carboxylic acids is 2. The Bertz CT molecular complexity index is 486. The van der Waals surface area contributed by atoms with Crippen LogP contribution in [0.2, 0.25) is 0 Å². The molecule has 1 unspecified atom stereocenters. The summed E-state index contributed by atoms with van der Waals surface area (Å²) in [7, 11) is 1.60. The number of nitrogens with zero attached hydrogens (tertiary/aromatic N) is 1. The van der Waals surface area contributed by atoms with E-state index in [0.717, 1.165) is 29.7 Å². The first kappa shape index (κ1) is 13.4. The lowest BCUT2D eigenvalue weighted by Crippen LogP contribution is -2.45. The fourth-order valence-electron chi connectivity index (χ4n) is 2.29. The molecule has 0 fully saturated rings. The molecular weight excluding hydrogens is 246 g/mol. The number of benzene rings is 1. The quantitative estimate of drug-likeness (QED) is 0.784. The van der Waals surface area contributed by atoms with Crippen LogP contribution in [0.4, 0.5) is 10.5 Å². The zero-order valence-corrected chi connectivity index (χ0v) is 11.1. The summed E-state index contributed by atoms with van der Waals surface area (Å²) in [5.41, 5.74) is 1.72. The molecule has 5 nitrogen and oxygen atoms in total. The van der Waals surface area contributed by atoms with Crippen LogP contribution in [-0.2, 0) is 16.0 Å². The van der Waals surface area contributed by atoms with Gasteiger partial charge in [-0.05, 0) is 43.5 Å². The van der Waals surface area contributed by atoms with Crippen LogP contribution in [0.1, 0.15) is 18.9 Å². The molecule has 1 atom stereocenters. The SMILES string of the molecule is CCOC(=O)N1c2ccc(OC)cc2CCC1C=O. The fraction of sp³-hybridized carbons (Fsp3) is 0.429. The molecule has 0 saturated carbocycles. The summed E-state index contributed by atoms with van der Waals surface area (Å²) >= 11 is 0. The Labute approximate surface area is 112 Å². The van der Waals surface area contributed by atoms with Gasteiger partial charge in [-0.15, -0.1) is 0 Å². The lowest BCUT2D eigenvalue weighted by atomic mass is 9.96. The second-order valence-corrected chi connectivity index (χ2v) is 4.31. The number of amides is 1. The van der Waals surface area contributed by atoms with Gasteiger partial charge >= 0.3 is 6.09 Å². The van der Waals surface area contributed by atoms with Gasteiger partial charge in [0.2, 0.25) is 0 Å². The molecule has 19 heavy (non-hydrogen) atoms. The molecule has 1 aliphatic heterocycles. The summed E-state index contributed by atoms with van der Waals surface area (Å²) in [5, 5.41) is 0. The molecule has 2 rings (SSSR count). The van der Waals surface area contributed by atoms with Gasteiger partial charge < -0.3 is 14.3 Å². The Morgan fingerprint density at radius 3 is 2.95 bits per heavy atom. The highest BCUT2D eigenvalue weighted by Gasteiger charge is 2.31. The van der Waals surface area contributed by atoms with Crippen LogP contribution in [0, 0.1) is 0 Å². The summed E-state index contributed by atoms with van der Waals surface area (Å²) < 4.78 is 10.2. The van der Waals surface area contributed by atoms with Crippen LogP contribution in [-0.4, -0.2) is 32.1 Å². The predicted molar refractivity (Wildman–Crippen MR) is 70.7 cm³/mol. The molecule has 102 valence electrons. The number of methoxy groups -OCH3 is 1. The smallest absolute Gasteiger partial charge is 0.414 e. The molecule has 1 aliphatic rings. The van der Waals surface area contributed by atoms with E-state index in [1.165, 1.54) is 4.90 Å². The third-order valence-electron chi connectivity index (χ3n) is 3.21. The van der Waals surface area contributed by atoms with Crippen molar-refractivity contribution in [1.82, 2.24) is 0 Å². The first-order valence-electron chi connectivity index (χ1n) is 6.29. The average molecular weight is 263 g/mol. The van der Waals surface area contributed by atoms with Crippen LogP contribution < -0.4 is 9.64 Å². The zero-order valence-electron chi connectivity index (χ0n) is 11.1. The van der Waals surface area contributed by atoms with E-state index >= 15 is 0 Å². The number of aldehydes is 1. The molecule has 0 spiro atoms. The molecule has 0 N–H and O–H groups in total. The van der Waals surface area contributed by atoms with Gasteiger partial charge in [0.15, 0.2) is 0 Å². The minimum absolute atomic E-state index is 0.284. The maximum absolute atomic E-state index is 12.0. The molecule has 1 aromatic rings. The van der Waals surface area contributed by atoms with E-state index in [1.54, 1.807) is 26.2 Å². The second-order valence-electron chi connectivity index (χ2n) is 4.31. The Kier molecular flexibility index (Phi) is 4.04. The van der Waals surface area contributed by atoms with E-state index in [-0.39, 0.29) is 6.61 Å². The summed E-state index contributed by atoms with van der Waals surface area (Å²) in [4.78, 5) is 24.6. The second kappa shape index (κ2) is 5.73. The maximum Gasteiger partial charge on any atom is 0.414 e. The number of aryl methyl sites for hydroxylation is 1. The number of hydrogen-bond donors (Lipinski definition) is 0. The van der Waals surface area contributed by atoms with Crippen molar-refractivity contribution in [1.29, 1.82) is 0 Å². The number of anilines is 1. The van der Waals surface area contributed by atoms with Crippen LogP contribution in [0.15, 0.2) is 18.2 Å². The molecule has 1 aromatic carbocycles. The summed E-state index contributed by atoms with van der Waals surface area (Å²) in [6.45, 7) is 2.03. The van der Waals surface area contributed by atoms with Crippen LogP contribution in [0.25, 0.3) is 0 Å². The summed E-state index contributed by atoms with van der Waals surface area (Å²) in [5.74, 6) is 0.743. The number of rotatable bonds is 3. The van der Waals surface area contributed by atoms with Crippen molar-refractivity contribution in [3.63, 3.8) is 0 Å². The minimum atomic E-state index is -0.481. The van der Waals surface area contributed by atoms with Crippen molar-refractivity contribution < 1.29 is 19.1 Å². The highest BCUT2D eigenvalue weighted by molar-refractivity contribution is 5.94. The van der Waals surface area contributed by atoms with E-state index in [9.17, 15) is 9.59 Å². The number of fused-ring (bicyclic) bond motifs is 1. The monoisotopic (exact) mass is 263 g/mol. The molecular formula is C14H17NO4. The Morgan fingerprint density at radius 2 is 2.32 bits per heavy atom. The molecule has 0 bridgehead atoms. The van der Waals surface area contributed by atoms with Crippen LogP contribution in [0.3, 0.4) is 0 Å². The Balaban J connectivity index is 2.39. The van der Waals surface area contributed by atoms with E-state index in [2.05, 4.69) is 0 Å². The van der Waals surface area contributed by atoms with Crippen molar-refractivity contribution in [2.45, 2.75) is 25.8 Å². The summed E-state index contributed by atoms with van der Waals surface area (Å²) in [6, 6.07) is 5.00. The van der Waals surface area contributed by atoms with Gasteiger partial charge in [-0.2, -0.15) is 0 Å². The molecule has 5 heteroatoms. The van der Waals surface area contributed by atoms with Crippen molar-refractivity contribution in [2.24, 2.45) is 0 Å². The van der Waals surface area contributed by atoms with E-state index < -0.39 is 12.1 Å². The zero-order chi connectivity index (χ0) is 13.8. The molecule has 0 saturated heterocycles. The molecule has 0 aromatic heterocycles. The largest absolute Gasteiger partial charge is 0.497 e. The van der Waals surface area contributed by atoms with Crippen LogP contribution in [0.5, 0.6) is 5.75 Å². The highest BCUT2D eigenvalue weighted by atomic mass is 16.6. The third-order valence-corrected chi connectivity index (χ3v) is 3.21. The molecule has 0 aliphatic carbocycles. The van der Waals surface area contributed by atoms with Crippen molar-refractivity contribution in [2.75, 3.05) is 18.6 Å². The van der Waals surface area contributed by atoms with Crippen molar-refractivity contribution >= 4 is 18.1 Å². The van der Waals surface area contributed by atoms with Crippen molar-refractivity contribution in [3.8, 4) is 5.75 Å². The van der Waals surface area contributed by atoms with Gasteiger partial charge in [-0.3, -0.25) is 4.90 Å². The first-order valence-corrected chi connectivity index (χ1v) is 6.29. The number of hydrogen-bond acceptors (Lipinski definition) is 4. The summed E-state index contributed by atoms with van der Waals surface area (Å²) in [6.07, 6.45) is 1.66. The number of ether oxygens (including phenoxy) is 2. The van der Waals surface area contributed by atoms with E-state index in [0.29, 0.717) is 6.42 Å². The molecule has 1 heterocycles. The Morgan fingerprint density at radius 1 is 1.53 bits per heavy atom. The van der Waals surface area contributed by atoms with Gasteiger partial charge in [0.1, 0.15) is 12.0 Å². The predicted octanol–water partition coefficient (Wildman–Crippen LogP) is 2.17. The third kappa shape index (κ3) is 2.54. The lowest BCUT2D eigenvalue weighted by molar-refractivity contribution is -0.109. The maximum atomic E-state index is 12.0. The molecule has 1 amide bonds. The van der Waals surface area contributed by atoms with Gasteiger partial charge in [-0.25, -0.2) is 4.79 Å². The minimum Gasteiger partial charge on any atom is -0.497 e.